The van der Waals surface area contributed by atoms with E-state index >= 15 is 0 Å². The lowest BCUT2D eigenvalue weighted by molar-refractivity contribution is -0.134. The molecule has 0 aliphatic carbocycles. The van der Waals surface area contributed by atoms with Crippen LogP contribution in [0.3, 0.4) is 0 Å². The molecule has 2 heterocycles. The van der Waals surface area contributed by atoms with Crippen LogP contribution in [0, 0.1) is 6.92 Å². The van der Waals surface area contributed by atoms with Crippen molar-refractivity contribution in [3.63, 3.8) is 0 Å². The Bertz CT molecular complexity index is 1020. The van der Waals surface area contributed by atoms with Crippen molar-refractivity contribution in [1.82, 2.24) is 25.0 Å². The predicted octanol–water partition coefficient (Wildman–Crippen LogP) is 0.879. The highest BCUT2D eigenvalue weighted by molar-refractivity contribution is 7.99. The van der Waals surface area contributed by atoms with Gasteiger partial charge >= 0.3 is 0 Å². The molecular formula is C20H27N5O4S2. The number of amides is 2. The van der Waals surface area contributed by atoms with Crippen LogP contribution in [0.4, 0.5) is 0 Å². The van der Waals surface area contributed by atoms with Crippen molar-refractivity contribution >= 4 is 33.4 Å². The molecule has 1 aromatic heterocycles. The Morgan fingerprint density at radius 1 is 1.26 bits per heavy atom. The number of benzene rings is 1. The summed E-state index contributed by atoms with van der Waals surface area (Å²) in [6.45, 7) is 4.57. The molecule has 168 valence electrons. The zero-order valence-electron chi connectivity index (χ0n) is 17.7. The quantitative estimate of drug-likeness (QED) is 0.547. The fourth-order valence-electron chi connectivity index (χ4n) is 3.37. The molecule has 0 saturated carbocycles. The van der Waals surface area contributed by atoms with Gasteiger partial charge in [-0.25, -0.2) is 8.42 Å². The Balaban J connectivity index is 1.54. The number of nitrogens with one attached hydrogen (secondary N) is 1. The van der Waals surface area contributed by atoms with Crippen LogP contribution in [0.15, 0.2) is 35.5 Å². The number of likely N-dealkylation sites (N-methyl/N-ethyl adjacent to an activating group) is 1. The molecule has 1 aliphatic rings. The van der Waals surface area contributed by atoms with Crippen molar-refractivity contribution < 1.29 is 18.0 Å². The summed E-state index contributed by atoms with van der Waals surface area (Å²) in [4.78, 5) is 26.4. The molecule has 1 N–H and O–H groups in total. The fourth-order valence-corrected chi connectivity index (χ4v) is 5.93. The summed E-state index contributed by atoms with van der Waals surface area (Å²) < 4.78 is 25.0. The molecule has 0 spiro atoms. The van der Waals surface area contributed by atoms with Gasteiger partial charge in [-0.2, -0.15) is 0 Å². The second kappa shape index (κ2) is 10.3. The average molecular weight is 466 g/mol. The SMILES string of the molecule is CCN(CC(=O)N[C@H]1CCS(=O)(=O)C1)C(=O)CSc1nnc(C)n1Cc1ccccc1. The van der Waals surface area contributed by atoms with Crippen molar-refractivity contribution in [2.75, 3.05) is 30.3 Å². The molecule has 11 heteroatoms. The van der Waals surface area contributed by atoms with Crippen LogP contribution in [0.1, 0.15) is 24.7 Å². The molecule has 0 unspecified atom stereocenters. The van der Waals surface area contributed by atoms with Crippen molar-refractivity contribution in [3.05, 3.63) is 41.7 Å². The normalized spacial score (nSPS) is 17.4. The van der Waals surface area contributed by atoms with Crippen LogP contribution in [0.25, 0.3) is 0 Å². The highest BCUT2D eigenvalue weighted by Gasteiger charge is 2.29. The molecule has 1 saturated heterocycles. The van der Waals surface area contributed by atoms with Crippen LogP contribution in [-0.2, 0) is 26.0 Å². The van der Waals surface area contributed by atoms with Gasteiger partial charge in [0.1, 0.15) is 5.82 Å². The molecule has 1 fully saturated rings. The largest absolute Gasteiger partial charge is 0.351 e. The van der Waals surface area contributed by atoms with E-state index in [1.54, 1.807) is 6.92 Å². The maximum atomic E-state index is 12.7. The summed E-state index contributed by atoms with van der Waals surface area (Å²) >= 11 is 1.29. The van der Waals surface area contributed by atoms with Gasteiger partial charge in [0.05, 0.1) is 30.3 Å². The first kappa shape index (κ1) is 23.3. The topological polar surface area (TPSA) is 114 Å². The van der Waals surface area contributed by atoms with Gasteiger partial charge in [-0.3, -0.25) is 9.59 Å². The molecule has 2 amide bonds. The number of aromatic nitrogens is 3. The number of thioether (sulfide) groups is 1. The van der Waals surface area contributed by atoms with Crippen LogP contribution in [-0.4, -0.2) is 76.3 Å². The highest BCUT2D eigenvalue weighted by atomic mass is 32.2. The number of aryl methyl sites for hydroxylation is 1. The van der Waals surface area contributed by atoms with Crippen LogP contribution in [0.5, 0.6) is 0 Å². The number of sulfone groups is 1. The predicted molar refractivity (Wildman–Crippen MR) is 118 cm³/mol. The Morgan fingerprint density at radius 3 is 2.65 bits per heavy atom. The first-order valence-corrected chi connectivity index (χ1v) is 12.9. The molecule has 0 bridgehead atoms. The maximum Gasteiger partial charge on any atom is 0.239 e. The summed E-state index contributed by atoms with van der Waals surface area (Å²) in [5.74, 6) is 0.418. The number of hydrogen-bond acceptors (Lipinski definition) is 7. The van der Waals surface area contributed by atoms with Gasteiger partial charge in [-0.05, 0) is 25.8 Å². The van der Waals surface area contributed by atoms with Gasteiger partial charge < -0.3 is 14.8 Å². The number of rotatable bonds is 9. The van der Waals surface area contributed by atoms with E-state index in [1.807, 2.05) is 41.8 Å². The van der Waals surface area contributed by atoms with E-state index < -0.39 is 9.84 Å². The molecule has 1 aliphatic heterocycles. The monoisotopic (exact) mass is 465 g/mol. The van der Waals surface area contributed by atoms with Crippen molar-refractivity contribution in [2.45, 2.75) is 38.0 Å². The first-order valence-electron chi connectivity index (χ1n) is 10.1. The van der Waals surface area contributed by atoms with Gasteiger partial charge in [0.25, 0.3) is 0 Å². The van der Waals surface area contributed by atoms with Crippen molar-refractivity contribution in [3.8, 4) is 0 Å². The average Bonchev–Trinajstić information content (AvgIpc) is 3.26. The third kappa shape index (κ3) is 6.54. The molecule has 9 nitrogen and oxygen atoms in total. The Hall–Kier alpha value is -2.40. The van der Waals surface area contributed by atoms with E-state index in [-0.39, 0.29) is 41.7 Å². The van der Waals surface area contributed by atoms with Gasteiger partial charge in [0.2, 0.25) is 11.8 Å². The maximum absolute atomic E-state index is 12.7. The molecule has 3 rings (SSSR count). The lowest BCUT2D eigenvalue weighted by atomic mass is 10.2. The minimum absolute atomic E-state index is 0.0366. The van der Waals surface area contributed by atoms with E-state index in [0.29, 0.717) is 24.7 Å². The molecule has 0 radical (unpaired) electrons. The molecule has 1 aromatic carbocycles. The summed E-state index contributed by atoms with van der Waals surface area (Å²) in [5.41, 5.74) is 1.11. The lowest BCUT2D eigenvalue weighted by Gasteiger charge is -2.21. The second-order valence-corrected chi connectivity index (χ2v) is 10.6. The van der Waals surface area contributed by atoms with Crippen LogP contribution < -0.4 is 5.32 Å². The number of nitrogens with zero attached hydrogens (tertiary/aromatic N) is 4. The molecule has 1 atom stereocenters. The Morgan fingerprint density at radius 2 is 2.00 bits per heavy atom. The third-order valence-electron chi connectivity index (χ3n) is 5.08. The Kier molecular flexibility index (Phi) is 7.71. The molecule has 2 aromatic rings. The minimum atomic E-state index is -3.07. The zero-order valence-corrected chi connectivity index (χ0v) is 19.3. The summed E-state index contributed by atoms with van der Waals surface area (Å²) in [7, 11) is -3.07. The first-order chi connectivity index (χ1) is 14.8. The van der Waals surface area contributed by atoms with Gasteiger partial charge in [-0.15, -0.1) is 10.2 Å². The Labute approximate surface area is 186 Å². The van der Waals surface area contributed by atoms with Crippen molar-refractivity contribution in [2.24, 2.45) is 0 Å². The van der Waals surface area contributed by atoms with E-state index in [0.717, 1.165) is 11.4 Å². The van der Waals surface area contributed by atoms with E-state index in [1.165, 1.54) is 16.7 Å². The summed E-state index contributed by atoms with van der Waals surface area (Å²) in [5, 5.41) is 11.7. The molecule has 31 heavy (non-hydrogen) atoms. The standard InChI is InChI=1S/C20H27N5O4S2/c1-3-24(12-18(26)21-17-9-10-31(28,29)14-17)19(27)13-30-20-23-22-15(2)25(20)11-16-7-5-4-6-8-16/h4-8,17H,3,9-14H2,1-2H3,(H,21,26)/t17-/m0/s1. The van der Waals surface area contributed by atoms with Crippen LogP contribution >= 0.6 is 11.8 Å². The van der Waals surface area contributed by atoms with E-state index in [2.05, 4.69) is 15.5 Å². The smallest absolute Gasteiger partial charge is 0.239 e. The number of hydrogen-bond donors (Lipinski definition) is 1. The fraction of sp³-hybridized carbons (Fsp3) is 0.500. The number of carbonyl (C=O) groups is 2. The van der Waals surface area contributed by atoms with Crippen LogP contribution in [0.2, 0.25) is 0 Å². The van der Waals surface area contributed by atoms with Gasteiger partial charge in [0, 0.05) is 12.6 Å². The number of carbonyl (C=O) groups excluding carboxylic acids is 2. The van der Waals surface area contributed by atoms with Gasteiger partial charge in [0.15, 0.2) is 15.0 Å². The summed E-state index contributed by atoms with van der Waals surface area (Å²) in [6.07, 6.45) is 0.417. The van der Waals surface area contributed by atoms with Crippen molar-refractivity contribution in [1.29, 1.82) is 0 Å². The van der Waals surface area contributed by atoms with Gasteiger partial charge in [-0.1, -0.05) is 42.1 Å². The summed E-state index contributed by atoms with van der Waals surface area (Å²) in [6, 6.07) is 9.56. The third-order valence-corrected chi connectivity index (χ3v) is 7.80. The minimum Gasteiger partial charge on any atom is -0.351 e. The van der Waals surface area contributed by atoms with E-state index in [9.17, 15) is 18.0 Å². The van der Waals surface area contributed by atoms with E-state index in [4.69, 9.17) is 0 Å². The lowest BCUT2D eigenvalue weighted by Crippen LogP contribution is -2.45. The highest BCUT2D eigenvalue weighted by Crippen LogP contribution is 2.19. The molecular weight excluding hydrogens is 438 g/mol. The zero-order chi connectivity index (χ0) is 22.4. The second-order valence-electron chi connectivity index (χ2n) is 7.47.